The first-order valence-electron chi connectivity index (χ1n) is 9.23. The van der Waals surface area contributed by atoms with E-state index in [1.807, 2.05) is 43.3 Å². The molecule has 0 saturated heterocycles. The molecule has 2 N–H and O–H groups in total. The molecule has 0 atom stereocenters. The number of anilines is 1. The van der Waals surface area contributed by atoms with E-state index in [1.54, 1.807) is 19.2 Å². The van der Waals surface area contributed by atoms with Gasteiger partial charge in [-0.3, -0.25) is 10.1 Å². The van der Waals surface area contributed by atoms with Crippen LogP contribution in [0.4, 0.5) is 5.13 Å². The maximum atomic E-state index is 12.4. The molecular formula is C20H22N4O4S2. The van der Waals surface area contributed by atoms with Gasteiger partial charge >= 0.3 is 0 Å². The number of hydrogen-bond acceptors (Lipinski definition) is 7. The molecule has 1 amide bonds. The summed E-state index contributed by atoms with van der Waals surface area (Å²) in [7, 11) is -2.20. The Morgan fingerprint density at radius 1 is 1.10 bits per heavy atom. The van der Waals surface area contributed by atoms with Crippen LogP contribution in [0.1, 0.15) is 27.9 Å². The van der Waals surface area contributed by atoms with Crippen LogP contribution in [-0.4, -0.2) is 38.2 Å². The minimum Gasteiger partial charge on any atom is -0.496 e. The summed E-state index contributed by atoms with van der Waals surface area (Å²) < 4.78 is 32.5. The smallest absolute Gasteiger partial charge is 0.269 e. The number of carbonyl (C=O) groups is 1. The Balaban J connectivity index is 1.56. The summed E-state index contributed by atoms with van der Waals surface area (Å²) in [5.41, 5.74) is 2.31. The summed E-state index contributed by atoms with van der Waals surface area (Å²) in [6.07, 6.45) is 1.26. The predicted octanol–water partition coefficient (Wildman–Crippen LogP) is 3.02. The third-order valence-corrected chi connectivity index (χ3v) is 7.02. The molecule has 0 saturated carbocycles. The van der Waals surface area contributed by atoms with Gasteiger partial charge in [0.25, 0.3) is 15.9 Å². The lowest BCUT2D eigenvalue weighted by Crippen LogP contribution is -2.25. The van der Waals surface area contributed by atoms with Crippen LogP contribution in [-0.2, 0) is 16.4 Å². The average molecular weight is 447 g/mol. The molecule has 0 fully saturated rings. The van der Waals surface area contributed by atoms with Crippen molar-refractivity contribution in [2.75, 3.05) is 19.0 Å². The van der Waals surface area contributed by atoms with Crippen molar-refractivity contribution in [1.29, 1.82) is 0 Å². The Kier molecular flexibility index (Phi) is 7.14. The zero-order chi connectivity index (χ0) is 21.6. The van der Waals surface area contributed by atoms with E-state index in [-0.39, 0.29) is 21.9 Å². The highest BCUT2D eigenvalue weighted by atomic mass is 32.2. The molecule has 3 aromatic rings. The Bertz CT molecular complexity index is 1130. The Labute approximate surface area is 179 Å². The molecule has 158 valence electrons. The molecule has 1 aromatic heterocycles. The number of nitrogens with one attached hydrogen (secondary N) is 2. The number of methoxy groups -OCH3 is 1. The quantitative estimate of drug-likeness (QED) is 0.386. The Morgan fingerprint density at radius 3 is 2.60 bits per heavy atom. The minimum absolute atomic E-state index is 0.123. The van der Waals surface area contributed by atoms with Crippen LogP contribution in [0.25, 0.3) is 0 Å². The van der Waals surface area contributed by atoms with Crippen LogP contribution >= 0.6 is 11.3 Å². The number of nitrogens with zero attached hydrogens (tertiary/aromatic N) is 2. The molecule has 0 unspecified atom stereocenters. The monoisotopic (exact) mass is 446 g/mol. The van der Waals surface area contributed by atoms with Crippen LogP contribution < -0.4 is 14.8 Å². The van der Waals surface area contributed by atoms with E-state index in [2.05, 4.69) is 20.2 Å². The van der Waals surface area contributed by atoms with E-state index in [0.29, 0.717) is 18.4 Å². The number of carbonyl (C=O) groups excluding carboxylic acids is 1. The molecule has 0 aliphatic rings. The predicted molar refractivity (Wildman–Crippen MR) is 116 cm³/mol. The van der Waals surface area contributed by atoms with Crippen molar-refractivity contribution in [2.45, 2.75) is 24.1 Å². The van der Waals surface area contributed by atoms with Gasteiger partial charge in [0, 0.05) is 12.1 Å². The molecule has 0 spiro atoms. The third kappa shape index (κ3) is 5.41. The number of amides is 1. The van der Waals surface area contributed by atoms with Gasteiger partial charge in [-0.05, 0) is 43.0 Å². The third-order valence-electron chi connectivity index (χ3n) is 4.35. The molecule has 30 heavy (non-hydrogen) atoms. The summed E-state index contributed by atoms with van der Waals surface area (Å²) >= 11 is 0.805. The number of sulfonamides is 1. The second kappa shape index (κ2) is 9.79. The first-order chi connectivity index (χ1) is 14.4. The van der Waals surface area contributed by atoms with Crippen molar-refractivity contribution in [3.63, 3.8) is 0 Å². The van der Waals surface area contributed by atoms with Crippen LogP contribution in [0.5, 0.6) is 5.75 Å². The van der Waals surface area contributed by atoms with E-state index in [9.17, 15) is 13.2 Å². The fraction of sp³-hybridized carbons (Fsp3) is 0.250. The lowest BCUT2D eigenvalue weighted by Gasteiger charge is -2.08. The molecule has 10 heteroatoms. The summed E-state index contributed by atoms with van der Waals surface area (Å²) in [4.78, 5) is 12.3. The fourth-order valence-electron chi connectivity index (χ4n) is 2.82. The van der Waals surface area contributed by atoms with Crippen LogP contribution in [0.3, 0.4) is 0 Å². The van der Waals surface area contributed by atoms with Gasteiger partial charge in [-0.15, -0.1) is 10.2 Å². The second-order valence-corrected chi connectivity index (χ2v) is 9.37. The number of hydrogen-bond donors (Lipinski definition) is 2. The van der Waals surface area contributed by atoms with Crippen molar-refractivity contribution in [3.8, 4) is 5.75 Å². The van der Waals surface area contributed by atoms with Gasteiger partial charge in [-0.2, -0.15) is 0 Å². The van der Waals surface area contributed by atoms with Crippen molar-refractivity contribution in [2.24, 2.45) is 0 Å². The van der Waals surface area contributed by atoms with Gasteiger partial charge in [-0.25, -0.2) is 13.1 Å². The summed E-state index contributed by atoms with van der Waals surface area (Å²) in [5, 5.41) is 10.2. The van der Waals surface area contributed by atoms with E-state index >= 15 is 0 Å². The van der Waals surface area contributed by atoms with Gasteiger partial charge in [0.2, 0.25) is 9.47 Å². The van der Waals surface area contributed by atoms with E-state index in [4.69, 9.17) is 4.74 Å². The molecule has 3 rings (SSSR count). The number of ether oxygens (including phenoxy) is 1. The largest absolute Gasteiger partial charge is 0.496 e. The number of aryl methyl sites for hydroxylation is 2. The fourth-order valence-corrected chi connectivity index (χ4v) is 4.83. The normalized spacial score (nSPS) is 11.3. The van der Waals surface area contributed by atoms with E-state index in [0.717, 1.165) is 28.2 Å². The maximum absolute atomic E-state index is 12.4. The van der Waals surface area contributed by atoms with Crippen LogP contribution in [0.15, 0.2) is 52.9 Å². The lowest BCUT2D eigenvalue weighted by atomic mass is 10.1. The lowest BCUT2D eigenvalue weighted by molar-refractivity contribution is 0.102. The van der Waals surface area contributed by atoms with Crippen molar-refractivity contribution < 1.29 is 17.9 Å². The summed E-state index contributed by atoms with van der Waals surface area (Å²) in [5.74, 6) is 0.413. The zero-order valence-corrected chi connectivity index (χ0v) is 18.2. The highest BCUT2D eigenvalue weighted by Crippen LogP contribution is 2.22. The standard InChI is InChI=1S/C20H22N4O4S2/c1-14-8-3-5-11-16(14)18(25)22-19-23-24-20(29-19)30(26,27)21-13-7-10-15-9-4-6-12-17(15)28-2/h3-6,8-9,11-12,21H,7,10,13H2,1-2H3,(H,22,23,25). The molecule has 8 nitrogen and oxygen atoms in total. The second-order valence-electron chi connectivity index (χ2n) is 6.46. The molecule has 0 bridgehead atoms. The molecule has 2 aromatic carbocycles. The Morgan fingerprint density at radius 2 is 1.83 bits per heavy atom. The average Bonchev–Trinajstić information content (AvgIpc) is 3.21. The summed E-state index contributed by atoms with van der Waals surface area (Å²) in [6, 6.07) is 14.7. The zero-order valence-electron chi connectivity index (χ0n) is 16.6. The first-order valence-corrected chi connectivity index (χ1v) is 11.5. The molecule has 1 heterocycles. The van der Waals surface area contributed by atoms with Crippen molar-refractivity contribution in [3.05, 3.63) is 65.2 Å². The molecular weight excluding hydrogens is 424 g/mol. The number of aromatic nitrogens is 2. The maximum Gasteiger partial charge on any atom is 0.269 e. The highest BCUT2D eigenvalue weighted by molar-refractivity contribution is 7.91. The minimum atomic E-state index is -3.81. The first kappa shape index (κ1) is 21.9. The van der Waals surface area contributed by atoms with Crippen LogP contribution in [0, 0.1) is 6.92 Å². The van der Waals surface area contributed by atoms with Gasteiger partial charge in [0.15, 0.2) is 0 Å². The van der Waals surface area contributed by atoms with Crippen LogP contribution in [0.2, 0.25) is 0 Å². The van der Waals surface area contributed by atoms with E-state index < -0.39 is 10.0 Å². The van der Waals surface area contributed by atoms with Gasteiger partial charge in [-0.1, -0.05) is 47.7 Å². The molecule has 0 aliphatic heterocycles. The number of benzene rings is 2. The molecule has 0 radical (unpaired) electrons. The van der Waals surface area contributed by atoms with Gasteiger partial charge in [0.1, 0.15) is 5.75 Å². The van der Waals surface area contributed by atoms with Crippen molar-refractivity contribution >= 4 is 32.4 Å². The highest BCUT2D eigenvalue weighted by Gasteiger charge is 2.21. The topological polar surface area (TPSA) is 110 Å². The SMILES string of the molecule is COc1ccccc1CCCNS(=O)(=O)c1nnc(NC(=O)c2ccccc2C)s1. The van der Waals surface area contributed by atoms with Crippen molar-refractivity contribution in [1.82, 2.24) is 14.9 Å². The number of rotatable bonds is 9. The Hall–Kier alpha value is -2.82. The molecule has 0 aliphatic carbocycles. The van der Waals surface area contributed by atoms with Gasteiger partial charge < -0.3 is 4.74 Å². The van der Waals surface area contributed by atoms with E-state index in [1.165, 1.54) is 0 Å². The van der Waals surface area contributed by atoms with Gasteiger partial charge in [0.05, 0.1) is 7.11 Å². The number of para-hydroxylation sites is 1. The summed E-state index contributed by atoms with van der Waals surface area (Å²) in [6.45, 7) is 2.06.